The molecule has 0 aliphatic heterocycles. The van der Waals surface area contributed by atoms with E-state index < -0.39 is 0 Å². The molecule has 6 heteroatoms. The van der Waals surface area contributed by atoms with Gasteiger partial charge < -0.3 is 10.4 Å². The van der Waals surface area contributed by atoms with E-state index >= 15 is 0 Å². The molecule has 2 N–H and O–H groups in total. The Bertz CT molecular complexity index is 714. The van der Waals surface area contributed by atoms with Crippen LogP contribution in [-0.2, 0) is 0 Å². The normalized spacial score (nSPS) is 10.2. The van der Waals surface area contributed by atoms with Crippen molar-refractivity contribution >= 4 is 45.5 Å². The molecular weight excluding hydrogens is 282 g/mol. The van der Waals surface area contributed by atoms with Crippen molar-refractivity contribution in [3.63, 3.8) is 0 Å². The Labute approximate surface area is 120 Å². The van der Waals surface area contributed by atoms with E-state index in [-0.39, 0.29) is 18.2 Å². The molecule has 0 atom stereocenters. The van der Waals surface area contributed by atoms with Crippen LogP contribution in [0.15, 0.2) is 36.7 Å². The third-order valence-electron chi connectivity index (χ3n) is 2.61. The van der Waals surface area contributed by atoms with E-state index in [4.69, 9.17) is 0 Å². The maximum Gasteiger partial charge on any atom is 0.142 e. The van der Waals surface area contributed by atoms with Crippen LogP contribution in [-0.4, -0.2) is 15.1 Å². The number of benzene rings is 1. The zero-order valence-corrected chi connectivity index (χ0v) is 11.8. The number of rotatable bonds is 2. The van der Waals surface area contributed by atoms with E-state index in [0.717, 1.165) is 10.2 Å². The minimum Gasteiger partial charge on any atom is -0.506 e. The first kappa shape index (κ1) is 13.6. The maximum absolute atomic E-state index is 9.75. The van der Waals surface area contributed by atoms with Crippen molar-refractivity contribution < 1.29 is 5.11 Å². The molecule has 1 aromatic carbocycles. The van der Waals surface area contributed by atoms with Crippen LogP contribution in [0.2, 0.25) is 0 Å². The molecule has 0 amide bonds. The molecule has 3 aromatic rings. The number of fused-ring (bicyclic) bond motifs is 1. The van der Waals surface area contributed by atoms with Gasteiger partial charge in [0.15, 0.2) is 0 Å². The van der Waals surface area contributed by atoms with Gasteiger partial charge in [-0.05, 0) is 25.1 Å². The van der Waals surface area contributed by atoms with E-state index in [2.05, 4.69) is 15.3 Å². The number of hydrogen-bond acceptors (Lipinski definition) is 5. The number of anilines is 2. The monoisotopic (exact) mass is 293 g/mol. The summed E-state index contributed by atoms with van der Waals surface area (Å²) >= 11 is 1.63. The van der Waals surface area contributed by atoms with Gasteiger partial charge >= 0.3 is 0 Å². The third-order valence-corrected chi connectivity index (χ3v) is 3.57. The van der Waals surface area contributed by atoms with E-state index in [1.807, 2.05) is 25.1 Å². The second-order valence-corrected chi connectivity index (χ2v) is 5.18. The fourth-order valence-electron chi connectivity index (χ4n) is 1.78. The zero-order valence-electron chi connectivity index (χ0n) is 10.1. The third kappa shape index (κ3) is 2.62. The van der Waals surface area contributed by atoms with Crippen molar-refractivity contribution in [3.05, 3.63) is 41.5 Å². The second kappa shape index (κ2) is 5.42. The van der Waals surface area contributed by atoms with Gasteiger partial charge in [0, 0.05) is 4.88 Å². The second-order valence-electron chi connectivity index (χ2n) is 3.94. The first-order valence-electron chi connectivity index (χ1n) is 5.50. The van der Waals surface area contributed by atoms with Crippen LogP contribution in [0.5, 0.6) is 5.75 Å². The number of aromatic hydroxyl groups is 1. The summed E-state index contributed by atoms with van der Waals surface area (Å²) in [6.45, 7) is 2.04. The number of nitrogens with one attached hydrogen (secondary N) is 1. The molecular formula is C13H12ClN3OS. The summed E-state index contributed by atoms with van der Waals surface area (Å²) in [5, 5.41) is 13.9. The van der Waals surface area contributed by atoms with Gasteiger partial charge in [-0.3, -0.25) is 0 Å². The van der Waals surface area contributed by atoms with Crippen LogP contribution in [0.25, 0.3) is 10.2 Å². The molecule has 0 aliphatic rings. The van der Waals surface area contributed by atoms with Crippen LogP contribution < -0.4 is 5.32 Å². The van der Waals surface area contributed by atoms with Crippen molar-refractivity contribution in [1.29, 1.82) is 0 Å². The molecule has 4 nitrogen and oxygen atoms in total. The first-order valence-corrected chi connectivity index (χ1v) is 6.32. The Morgan fingerprint density at radius 3 is 2.79 bits per heavy atom. The molecule has 98 valence electrons. The Hall–Kier alpha value is -1.85. The number of thiophene rings is 1. The number of aromatic nitrogens is 2. The summed E-state index contributed by atoms with van der Waals surface area (Å²) in [5.74, 6) is 0.919. The highest BCUT2D eigenvalue weighted by Gasteiger charge is 2.08. The van der Waals surface area contributed by atoms with Crippen LogP contribution in [0.3, 0.4) is 0 Å². The molecule has 0 unspecified atom stereocenters. The van der Waals surface area contributed by atoms with Gasteiger partial charge in [-0.2, -0.15) is 0 Å². The average molecular weight is 294 g/mol. The molecule has 0 bridgehead atoms. The van der Waals surface area contributed by atoms with Crippen molar-refractivity contribution in [3.8, 4) is 5.75 Å². The van der Waals surface area contributed by atoms with Crippen LogP contribution in [0, 0.1) is 6.92 Å². The lowest BCUT2D eigenvalue weighted by atomic mass is 10.3. The molecule has 0 fully saturated rings. The molecule has 0 spiro atoms. The summed E-state index contributed by atoms with van der Waals surface area (Å²) in [6.07, 6.45) is 1.53. The largest absolute Gasteiger partial charge is 0.506 e. The Morgan fingerprint density at radius 1 is 1.21 bits per heavy atom. The van der Waals surface area contributed by atoms with Gasteiger partial charge in [0.1, 0.15) is 22.7 Å². The van der Waals surface area contributed by atoms with E-state index in [1.165, 1.54) is 11.2 Å². The lowest BCUT2D eigenvalue weighted by molar-refractivity contribution is 0.478. The summed E-state index contributed by atoms with van der Waals surface area (Å²) in [7, 11) is 0. The number of nitrogens with zero attached hydrogens (tertiary/aromatic N) is 2. The minimum atomic E-state index is 0. The minimum absolute atomic E-state index is 0. The predicted octanol–water partition coefficient (Wildman–Crippen LogP) is 3.87. The lowest BCUT2D eigenvalue weighted by Gasteiger charge is -2.07. The molecule has 3 rings (SSSR count). The summed E-state index contributed by atoms with van der Waals surface area (Å²) in [4.78, 5) is 10.6. The van der Waals surface area contributed by atoms with Gasteiger partial charge in [0.2, 0.25) is 0 Å². The van der Waals surface area contributed by atoms with Gasteiger partial charge in [0.25, 0.3) is 0 Å². The maximum atomic E-state index is 9.75. The smallest absolute Gasteiger partial charge is 0.142 e. The van der Waals surface area contributed by atoms with Crippen molar-refractivity contribution in [2.45, 2.75) is 6.92 Å². The number of hydrogen-bond donors (Lipinski definition) is 2. The van der Waals surface area contributed by atoms with Gasteiger partial charge in [-0.25, -0.2) is 9.97 Å². The highest BCUT2D eigenvalue weighted by molar-refractivity contribution is 7.18. The number of halogens is 1. The van der Waals surface area contributed by atoms with Crippen molar-refractivity contribution in [2.24, 2.45) is 0 Å². The highest BCUT2D eigenvalue weighted by Crippen LogP contribution is 2.31. The van der Waals surface area contributed by atoms with Crippen molar-refractivity contribution in [2.75, 3.05) is 5.32 Å². The molecule has 0 aliphatic carbocycles. The van der Waals surface area contributed by atoms with E-state index in [1.54, 1.807) is 23.5 Å². The van der Waals surface area contributed by atoms with E-state index in [0.29, 0.717) is 11.5 Å². The topological polar surface area (TPSA) is 58.0 Å². The standard InChI is InChI=1S/C13H11N3OS.ClH/c1-8-6-9-12(14-7-15-13(9)18-8)16-10-4-2-3-5-11(10)17;/h2-7,17H,1H3,(H,14,15,16);1H. The van der Waals surface area contributed by atoms with Crippen LogP contribution >= 0.6 is 23.7 Å². The lowest BCUT2D eigenvalue weighted by Crippen LogP contribution is -1.94. The highest BCUT2D eigenvalue weighted by atomic mass is 35.5. The molecule has 0 saturated carbocycles. The van der Waals surface area contributed by atoms with Crippen molar-refractivity contribution in [1.82, 2.24) is 9.97 Å². The molecule has 19 heavy (non-hydrogen) atoms. The molecule has 2 aromatic heterocycles. The van der Waals surface area contributed by atoms with Crippen LogP contribution in [0.4, 0.5) is 11.5 Å². The van der Waals surface area contributed by atoms with Gasteiger partial charge in [-0.15, -0.1) is 23.7 Å². The number of phenols is 1. The number of phenolic OH excluding ortho intramolecular Hbond substituents is 1. The summed E-state index contributed by atoms with van der Waals surface area (Å²) in [6, 6.07) is 9.13. The van der Waals surface area contributed by atoms with E-state index in [9.17, 15) is 5.11 Å². The molecule has 0 radical (unpaired) electrons. The number of aryl methyl sites for hydroxylation is 1. The molecule has 0 saturated heterocycles. The Balaban J connectivity index is 0.00000133. The van der Waals surface area contributed by atoms with Gasteiger partial charge in [-0.1, -0.05) is 12.1 Å². The molecule has 2 heterocycles. The summed E-state index contributed by atoms with van der Waals surface area (Å²) < 4.78 is 0. The van der Waals surface area contributed by atoms with Crippen LogP contribution in [0.1, 0.15) is 4.88 Å². The summed E-state index contributed by atoms with van der Waals surface area (Å²) in [5.41, 5.74) is 0.640. The van der Waals surface area contributed by atoms with Gasteiger partial charge in [0.05, 0.1) is 11.1 Å². The fraction of sp³-hybridized carbons (Fsp3) is 0.0769. The fourth-order valence-corrected chi connectivity index (χ4v) is 2.63. The Kier molecular flexibility index (Phi) is 3.87. The zero-order chi connectivity index (χ0) is 12.5. The number of para-hydroxylation sites is 2. The average Bonchev–Trinajstić information content (AvgIpc) is 2.73. The Morgan fingerprint density at radius 2 is 2.00 bits per heavy atom. The SMILES string of the molecule is Cc1cc2c(Nc3ccccc3O)ncnc2s1.Cl. The first-order chi connectivity index (χ1) is 8.74. The quantitative estimate of drug-likeness (QED) is 0.704. The predicted molar refractivity (Wildman–Crippen MR) is 80.8 cm³/mol.